The second-order valence-electron chi connectivity index (χ2n) is 10.7. The van der Waals surface area contributed by atoms with E-state index in [1.165, 1.54) is 18.1 Å². The molecule has 0 fully saturated rings. The average molecular weight is 584 g/mol. The van der Waals surface area contributed by atoms with E-state index in [1.807, 2.05) is 30.3 Å². The van der Waals surface area contributed by atoms with Crippen LogP contribution in [0.4, 0.5) is 17.1 Å². The Morgan fingerprint density at radius 2 is 1.09 bits per heavy atom. The first kappa shape index (κ1) is 27.7. The van der Waals surface area contributed by atoms with Gasteiger partial charge in [0.2, 0.25) is 5.89 Å². The van der Waals surface area contributed by atoms with E-state index in [0.29, 0.717) is 16.8 Å². The molecule has 216 valence electrons. The number of hydrogen-bond donors (Lipinski definition) is 0. The molecular formula is C40H29N3O2. The minimum absolute atomic E-state index is 0.135. The zero-order chi connectivity index (χ0) is 30.6. The first-order valence-electron chi connectivity index (χ1n) is 14.8. The summed E-state index contributed by atoms with van der Waals surface area (Å²) in [6.45, 7) is 1.52. The van der Waals surface area contributed by atoms with Crippen molar-refractivity contribution in [2.24, 2.45) is 0 Å². The van der Waals surface area contributed by atoms with Crippen LogP contribution in [0.3, 0.4) is 0 Å². The van der Waals surface area contributed by atoms with Gasteiger partial charge in [0.05, 0.1) is 5.57 Å². The van der Waals surface area contributed by atoms with Gasteiger partial charge in [-0.05, 0) is 89.3 Å². The summed E-state index contributed by atoms with van der Waals surface area (Å²) >= 11 is 0. The summed E-state index contributed by atoms with van der Waals surface area (Å²) in [5, 5.41) is 0. The molecule has 0 aliphatic carbocycles. The van der Waals surface area contributed by atoms with Crippen molar-refractivity contribution >= 4 is 45.7 Å². The zero-order valence-electron chi connectivity index (χ0n) is 24.7. The van der Waals surface area contributed by atoms with E-state index >= 15 is 0 Å². The van der Waals surface area contributed by atoms with Gasteiger partial charge in [-0.15, -0.1) is 0 Å². The molecule has 7 aromatic rings. The topological polar surface area (TPSA) is 59.2 Å². The van der Waals surface area contributed by atoms with E-state index in [1.54, 1.807) is 18.3 Å². The van der Waals surface area contributed by atoms with Gasteiger partial charge in [0.15, 0.2) is 17.0 Å². The van der Waals surface area contributed by atoms with E-state index < -0.39 is 0 Å². The smallest absolute Gasteiger partial charge is 0.232 e. The maximum atomic E-state index is 12.6. The number of rotatable bonds is 8. The highest BCUT2D eigenvalue weighted by Crippen LogP contribution is 2.37. The van der Waals surface area contributed by atoms with Crippen molar-refractivity contribution in [3.05, 3.63) is 163 Å². The Kier molecular flexibility index (Phi) is 7.57. The maximum absolute atomic E-state index is 12.6. The minimum atomic E-state index is -0.135. The summed E-state index contributed by atoms with van der Waals surface area (Å²) in [4.78, 5) is 23.5. The molecule has 5 nitrogen and oxygen atoms in total. The molecule has 0 radical (unpaired) electrons. The molecule has 0 spiro atoms. The molecule has 0 bridgehead atoms. The van der Waals surface area contributed by atoms with Gasteiger partial charge < -0.3 is 9.32 Å². The Labute approximate surface area is 261 Å². The zero-order valence-corrected chi connectivity index (χ0v) is 24.7. The molecular weight excluding hydrogens is 554 g/mol. The Morgan fingerprint density at radius 1 is 0.600 bits per heavy atom. The van der Waals surface area contributed by atoms with Gasteiger partial charge in [0.1, 0.15) is 0 Å². The van der Waals surface area contributed by atoms with E-state index in [9.17, 15) is 4.79 Å². The molecule has 0 amide bonds. The van der Waals surface area contributed by atoms with Crippen LogP contribution in [0.1, 0.15) is 18.4 Å². The Balaban J connectivity index is 1.25. The molecule has 7 rings (SSSR count). The molecule has 0 N–H and O–H groups in total. The minimum Gasteiger partial charge on any atom is -0.434 e. The predicted molar refractivity (Wildman–Crippen MR) is 182 cm³/mol. The van der Waals surface area contributed by atoms with Crippen molar-refractivity contribution in [2.45, 2.75) is 6.92 Å². The van der Waals surface area contributed by atoms with Crippen LogP contribution in [-0.2, 0) is 4.79 Å². The number of carbonyl (C=O) groups is 1. The molecule has 0 aliphatic rings. The van der Waals surface area contributed by atoms with E-state index in [-0.39, 0.29) is 11.7 Å². The monoisotopic (exact) mass is 583 g/mol. The van der Waals surface area contributed by atoms with Crippen LogP contribution in [0.15, 0.2) is 156 Å². The van der Waals surface area contributed by atoms with Gasteiger partial charge in [-0.2, -0.15) is 4.98 Å². The van der Waals surface area contributed by atoms with Crippen LogP contribution in [0.5, 0.6) is 0 Å². The Hall–Kier alpha value is -6.07. The molecule has 0 atom stereocenters. The molecule has 2 aromatic heterocycles. The van der Waals surface area contributed by atoms with Crippen molar-refractivity contribution in [1.29, 1.82) is 0 Å². The van der Waals surface area contributed by atoms with Crippen LogP contribution < -0.4 is 4.90 Å². The molecule has 2 heterocycles. The van der Waals surface area contributed by atoms with Crippen molar-refractivity contribution in [3.8, 4) is 22.3 Å². The third-order valence-corrected chi connectivity index (χ3v) is 7.70. The fourth-order valence-corrected chi connectivity index (χ4v) is 5.40. The second-order valence-corrected chi connectivity index (χ2v) is 10.7. The normalized spacial score (nSPS) is 11.4. The van der Waals surface area contributed by atoms with Crippen LogP contribution >= 0.6 is 0 Å². The average Bonchev–Trinajstić information content (AvgIpc) is 3.53. The summed E-state index contributed by atoms with van der Waals surface area (Å²) in [7, 11) is 0. The number of anilines is 3. The largest absolute Gasteiger partial charge is 0.434 e. The number of nitrogens with zero attached hydrogens (tertiary/aromatic N) is 3. The SMILES string of the molecule is CC(=O)/C(=C\c1ccc(N(c2ccc(-c3ccccc3)cc2)c2ccc(-c3ccccc3)cc2)cc1)c1nc2ncccc2o1. The number of ketones is 1. The number of carbonyl (C=O) groups excluding carboxylic acids is 1. The van der Waals surface area contributed by atoms with Crippen LogP contribution in [-0.4, -0.2) is 15.8 Å². The van der Waals surface area contributed by atoms with Crippen LogP contribution in [0, 0.1) is 0 Å². The molecule has 0 aliphatic heterocycles. The lowest BCUT2D eigenvalue weighted by molar-refractivity contribution is -0.111. The Bertz CT molecular complexity index is 1980. The quantitative estimate of drug-likeness (QED) is 0.167. The first-order chi connectivity index (χ1) is 22.1. The molecule has 0 saturated heterocycles. The third-order valence-electron chi connectivity index (χ3n) is 7.70. The standard InChI is InChI=1S/C40H29N3O2/c1-28(44)37(40-42-39-38(45-40)13-8-26-41-39)27-29-14-20-34(21-15-29)43(35-22-16-32(17-23-35)30-9-4-2-5-10-30)36-24-18-33(19-25-36)31-11-6-3-7-12-31/h2-27H,1H3/b37-27+. The molecule has 5 aromatic carbocycles. The summed E-state index contributed by atoms with van der Waals surface area (Å²) in [6.07, 6.45) is 3.46. The lowest BCUT2D eigenvalue weighted by Crippen LogP contribution is -2.09. The predicted octanol–water partition coefficient (Wildman–Crippen LogP) is 10.2. The number of Topliss-reactive ketones (excluding diaryl/α,β-unsaturated/α-hetero) is 1. The molecule has 45 heavy (non-hydrogen) atoms. The lowest BCUT2D eigenvalue weighted by Gasteiger charge is -2.26. The van der Waals surface area contributed by atoms with E-state index in [4.69, 9.17) is 4.42 Å². The second kappa shape index (κ2) is 12.3. The number of allylic oxidation sites excluding steroid dienone is 1. The fraction of sp³-hybridized carbons (Fsp3) is 0.0250. The summed E-state index contributed by atoms with van der Waals surface area (Å²) in [5.74, 6) is 0.128. The molecule has 0 saturated carbocycles. The summed E-state index contributed by atoms with van der Waals surface area (Å²) < 4.78 is 5.85. The van der Waals surface area contributed by atoms with Crippen molar-refractivity contribution in [1.82, 2.24) is 9.97 Å². The summed E-state index contributed by atoms with van der Waals surface area (Å²) in [5.41, 5.74) is 10.00. The van der Waals surface area contributed by atoms with Gasteiger partial charge in [-0.3, -0.25) is 4.79 Å². The number of benzene rings is 5. The highest BCUT2D eigenvalue weighted by molar-refractivity contribution is 6.23. The van der Waals surface area contributed by atoms with E-state index in [2.05, 4.69) is 124 Å². The lowest BCUT2D eigenvalue weighted by atomic mass is 10.0. The highest BCUT2D eigenvalue weighted by atomic mass is 16.3. The summed E-state index contributed by atoms with van der Waals surface area (Å²) in [6, 6.07) is 49.7. The molecule has 0 unspecified atom stereocenters. The fourth-order valence-electron chi connectivity index (χ4n) is 5.40. The third kappa shape index (κ3) is 5.92. The van der Waals surface area contributed by atoms with Gasteiger partial charge in [-0.1, -0.05) is 97.1 Å². The number of hydrogen-bond acceptors (Lipinski definition) is 5. The molecule has 5 heteroatoms. The maximum Gasteiger partial charge on any atom is 0.232 e. The van der Waals surface area contributed by atoms with Crippen molar-refractivity contribution in [3.63, 3.8) is 0 Å². The van der Waals surface area contributed by atoms with Gasteiger partial charge >= 0.3 is 0 Å². The number of aromatic nitrogens is 2. The van der Waals surface area contributed by atoms with Crippen LogP contribution in [0.2, 0.25) is 0 Å². The number of oxazole rings is 1. The Morgan fingerprint density at radius 3 is 1.58 bits per heavy atom. The van der Waals surface area contributed by atoms with Crippen molar-refractivity contribution in [2.75, 3.05) is 4.90 Å². The van der Waals surface area contributed by atoms with Gasteiger partial charge in [0.25, 0.3) is 0 Å². The van der Waals surface area contributed by atoms with Gasteiger partial charge in [0, 0.05) is 23.3 Å². The number of pyridine rings is 1. The van der Waals surface area contributed by atoms with Gasteiger partial charge in [-0.25, -0.2) is 4.98 Å². The van der Waals surface area contributed by atoms with Crippen LogP contribution in [0.25, 0.3) is 45.1 Å². The highest BCUT2D eigenvalue weighted by Gasteiger charge is 2.17. The van der Waals surface area contributed by atoms with Crippen molar-refractivity contribution < 1.29 is 9.21 Å². The van der Waals surface area contributed by atoms with E-state index in [0.717, 1.165) is 33.8 Å². The first-order valence-corrected chi connectivity index (χ1v) is 14.8. The number of fused-ring (bicyclic) bond motifs is 1.